The molecule has 5 heteroatoms. The molecule has 0 aliphatic rings. The number of hydrogen-bond acceptors (Lipinski definition) is 3. The van der Waals surface area contributed by atoms with E-state index >= 15 is 0 Å². The van der Waals surface area contributed by atoms with Crippen LogP contribution in [-0.2, 0) is 4.79 Å². The van der Waals surface area contributed by atoms with Gasteiger partial charge in [0.15, 0.2) is 0 Å². The first kappa shape index (κ1) is 14.0. The predicted octanol–water partition coefficient (Wildman–Crippen LogP) is 0.780. The molecular formula is C12H16ClNO3. The lowest BCUT2D eigenvalue weighted by atomic mass is 10.1. The predicted molar refractivity (Wildman–Crippen MR) is 65.8 cm³/mol. The maximum Gasteiger partial charge on any atom is 0.245 e. The largest absolute Gasteiger partial charge is 0.395 e. The molecule has 0 saturated heterocycles. The van der Waals surface area contributed by atoms with E-state index in [2.05, 4.69) is 0 Å². The smallest absolute Gasteiger partial charge is 0.245 e. The monoisotopic (exact) mass is 257 g/mol. The van der Waals surface area contributed by atoms with Crippen molar-refractivity contribution in [3.8, 4) is 0 Å². The number of aliphatic hydroxyl groups is 2. The summed E-state index contributed by atoms with van der Waals surface area (Å²) in [6, 6.07) is 8.99. The number of alkyl halides is 1. The van der Waals surface area contributed by atoms with Gasteiger partial charge in [0.2, 0.25) is 5.91 Å². The lowest BCUT2D eigenvalue weighted by Crippen LogP contribution is -2.37. The van der Waals surface area contributed by atoms with E-state index in [0.29, 0.717) is 5.56 Å². The Morgan fingerprint density at radius 1 is 1.18 bits per heavy atom. The summed E-state index contributed by atoms with van der Waals surface area (Å²) in [7, 11) is 0. The number of carbonyl (C=O) groups is 1. The van der Waals surface area contributed by atoms with Crippen molar-refractivity contribution in [1.82, 2.24) is 4.90 Å². The average Bonchev–Trinajstić information content (AvgIpc) is 2.38. The van der Waals surface area contributed by atoms with Gasteiger partial charge in [-0.3, -0.25) is 4.79 Å². The lowest BCUT2D eigenvalue weighted by molar-refractivity contribution is -0.132. The zero-order chi connectivity index (χ0) is 12.7. The fraction of sp³-hybridized carbons (Fsp3) is 0.417. The van der Waals surface area contributed by atoms with Crippen molar-refractivity contribution in [2.24, 2.45) is 0 Å². The molecule has 17 heavy (non-hydrogen) atoms. The molecule has 4 nitrogen and oxygen atoms in total. The summed E-state index contributed by atoms with van der Waals surface area (Å²) >= 11 is 6.07. The Balaban J connectivity index is 2.73. The maximum atomic E-state index is 12.0. The molecule has 0 saturated carbocycles. The van der Waals surface area contributed by atoms with Gasteiger partial charge in [-0.1, -0.05) is 30.3 Å². The minimum Gasteiger partial charge on any atom is -0.395 e. The van der Waals surface area contributed by atoms with Gasteiger partial charge in [-0.05, 0) is 5.56 Å². The number of rotatable bonds is 6. The van der Waals surface area contributed by atoms with E-state index in [1.165, 1.54) is 4.90 Å². The zero-order valence-electron chi connectivity index (χ0n) is 9.42. The first-order valence-electron chi connectivity index (χ1n) is 5.40. The summed E-state index contributed by atoms with van der Waals surface area (Å²) in [6.07, 6.45) is 0. The van der Waals surface area contributed by atoms with Crippen LogP contribution in [0, 0.1) is 0 Å². The van der Waals surface area contributed by atoms with Crippen LogP contribution in [-0.4, -0.2) is 47.3 Å². The van der Waals surface area contributed by atoms with Crippen molar-refractivity contribution >= 4 is 17.5 Å². The first-order valence-corrected chi connectivity index (χ1v) is 5.84. The number of halogens is 1. The highest BCUT2D eigenvalue weighted by Gasteiger charge is 2.22. The highest BCUT2D eigenvalue weighted by atomic mass is 35.5. The molecule has 0 aliphatic heterocycles. The van der Waals surface area contributed by atoms with Gasteiger partial charge in [0.1, 0.15) is 5.38 Å². The molecule has 1 amide bonds. The van der Waals surface area contributed by atoms with Crippen LogP contribution in [0.1, 0.15) is 10.9 Å². The molecule has 1 rings (SSSR count). The van der Waals surface area contributed by atoms with Crippen LogP contribution in [0.2, 0.25) is 0 Å². The van der Waals surface area contributed by atoms with Crippen LogP contribution >= 0.6 is 11.6 Å². The Bertz CT molecular complexity index is 339. The molecule has 0 spiro atoms. The molecule has 0 bridgehead atoms. The average molecular weight is 258 g/mol. The lowest BCUT2D eigenvalue weighted by Gasteiger charge is -2.23. The summed E-state index contributed by atoms with van der Waals surface area (Å²) in [6.45, 7) is 0.0547. The summed E-state index contributed by atoms with van der Waals surface area (Å²) in [5.74, 6) is -0.305. The van der Waals surface area contributed by atoms with E-state index in [9.17, 15) is 4.79 Å². The molecule has 1 aromatic carbocycles. The normalized spacial score (nSPS) is 12.2. The van der Waals surface area contributed by atoms with E-state index in [-0.39, 0.29) is 32.2 Å². The molecule has 0 radical (unpaired) electrons. The molecule has 0 aliphatic carbocycles. The van der Waals surface area contributed by atoms with Crippen molar-refractivity contribution in [1.29, 1.82) is 0 Å². The topological polar surface area (TPSA) is 60.8 Å². The van der Waals surface area contributed by atoms with Gasteiger partial charge in [0.25, 0.3) is 0 Å². The second-order valence-electron chi connectivity index (χ2n) is 3.55. The van der Waals surface area contributed by atoms with Gasteiger partial charge in [-0.25, -0.2) is 0 Å². The highest BCUT2D eigenvalue weighted by molar-refractivity contribution is 6.30. The molecule has 0 aromatic heterocycles. The number of aliphatic hydroxyl groups excluding tert-OH is 2. The number of hydrogen-bond donors (Lipinski definition) is 2. The number of benzene rings is 1. The van der Waals surface area contributed by atoms with E-state index in [0.717, 1.165) is 0 Å². The van der Waals surface area contributed by atoms with Crippen LogP contribution in [0.4, 0.5) is 0 Å². The zero-order valence-corrected chi connectivity index (χ0v) is 10.2. The van der Waals surface area contributed by atoms with Crippen LogP contribution in [0.15, 0.2) is 30.3 Å². The Kier molecular flexibility index (Phi) is 5.97. The summed E-state index contributed by atoms with van der Waals surface area (Å²) < 4.78 is 0. The number of nitrogens with zero attached hydrogens (tertiary/aromatic N) is 1. The van der Waals surface area contributed by atoms with E-state index in [1.54, 1.807) is 24.3 Å². The maximum absolute atomic E-state index is 12.0. The van der Waals surface area contributed by atoms with Crippen LogP contribution in [0.25, 0.3) is 0 Å². The number of amides is 1. The minimum absolute atomic E-state index is 0.149. The highest BCUT2D eigenvalue weighted by Crippen LogP contribution is 2.22. The minimum atomic E-state index is -0.783. The molecule has 0 heterocycles. The molecule has 0 fully saturated rings. The molecule has 94 valence electrons. The fourth-order valence-corrected chi connectivity index (χ4v) is 1.78. The van der Waals surface area contributed by atoms with Gasteiger partial charge in [0, 0.05) is 13.1 Å². The van der Waals surface area contributed by atoms with Crippen molar-refractivity contribution in [2.75, 3.05) is 26.3 Å². The van der Waals surface area contributed by atoms with Crippen LogP contribution in [0.5, 0.6) is 0 Å². The Morgan fingerprint density at radius 3 is 2.18 bits per heavy atom. The quantitative estimate of drug-likeness (QED) is 0.741. The van der Waals surface area contributed by atoms with E-state index in [4.69, 9.17) is 21.8 Å². The third-order valence-corrected chi connectivity index (χ3v) is 2.80. The van der Waals surface area contributed by atoms with Crippen LogP contribution < -0.4 is 0 Å². The van der Waals surface area contributed by atoms with Gasteiger partial charge in [0.05, 0.1) is 13.2 Å². The molecule has 1 aromatic rings. The molecular weight excluding hydrogens is 242 g/mol. The van der Waals surface area contributed by atoms with Gasteiger partial charge in [-0.2, -0.15) is 0 Å². The Hall–Kier alpha value is -1.10. The van der Waals surface area contributed by atoms with Gasteiger partial charge < -0.3 is 15.1 Å². The second-order valence-corrected chi connectivity index (χ2v) is 3.98. The summed E-state index contributed by atoms with van der Waals surface area (Å²) in [4.78, 5) is 13.3. The molecule has 2 N–H and O–H groups in total. The Labute approximate surface area is 105 Å². The van der Waals surface area contributed by atoms with Crippen molar-refractivity contribution in [2.45, 2.75) is 5.38 Å². The van der Waals surface area contributed by atoms with E-state index in [1.807, 2.05) is 6.07 Å². The fourth-order valence-electron chi connectivity index (χ4n) is 1.50. The third kappa shape index (κ3) is 4.00. The van der Waals surface area contributed by atoms with Gasteiger partial charge in [-0.15, -0.1) is 11.6 Å². The van der Waals surface area contributed by atoms with Crippen molar-refractivity contribution in [3.63, 3.8) is 0 Å². The van der Waals surface area contributed by atoms with E-state index < -0.39 is 5.38 Å². The number of carbonyl (C=O) groups excluding carboxylic acids is 1. The second kappa shape index (κ2) is 7.27. The Morgan fingerprint density at radius 2 is 1.71 bits per heavy atom. The summed E-state index contributed by atoms with van der Waals surface area (Å²) in [5.41, 5.74) is 0.708. The summed E-state index contributed by atoms with van der Waals surface area (Å²) in [5, 5.41) is 16.9. The SMILES string of the molecule is O=C(C(Cl)c1ccccc1)N(CCO)CCO. The third-order valence-electron chi connectivity index (χ3n) is 2.36. The van der Waals surface area contributed by atoms with Gasteiger partial charge >= 0.3 is 0 Å². The molecule has 1 unspecified atom stereocenters. The van der Waals surface area contributed by atoms with Crippen molar-refractivity contribution < 1.29 is 15.0 Å². The molecule has 1 atom stereocenters. The standard InChI is InChI=1S/C12H16ClNO3/c13-11(10-4-2-1-3-5-10)12(17)14(6-8-15)7-9-16/h1-5,11,15-16H,6-9H2. The first-order chi connectivity index (χ1) is 8.20. The van der Waals surface area contributed by atoms with Crippen LogP contribution in [0.3, 0.4) is 0 Å². The van der Waals surface area contributed by atoms with Crippen molar-refractivity contribution in [3.05, 3.63) is 35.9 Å².